The van der Waals surface area contributed by atoms with Crippen LogP contribution in [-0.2, 0) is 0 Å². The van der Waals surface area contributed by atoms with Gasteiger partial charge in [-0.05, 0) is 18.6 Å². The van der Waals surface area contributed by atoms with Gasteiger partial charge in [0.1, 0.15) is 11.2 Å². The van der Waals surface area contributed by atoms with Gasteiger partial charge in [0.2, 0.25) is 0 Å². The number of nitrogens with zero attached hydrogens (tertiary/aromatic N) is 5. The zero-order valence-electron chi connectivity index (χ0n) is 16.6. The number of hydrogen-bond acceptors (Lipinski definition) is 7. The second kappa shape index (κ2) is 7.71. The van der Waals surface area contributed by atoms with Gasteiger partial charge >= 0.3 is 0 Å². The van der Waals surface area contributed by atoms with E-state index in [1.807, 2.05) is 35.7 Å². The van der Waals surface area contributed by atoms with Crippen LogP contribution in [0.3, 0.4) is 0 Å². The Morgan fingerprint density at radius 2 is 1.94 bits per heavy atom. The normalized spacial score (nSPS) is 11.0. The minimum Gasteiger partial charge on any atom is -0.268 e. The number of aromatic amines is 1. The van der Waals surface area contributed by atoms with E-state index in [2.05, 4.69) is 25.7 Å². The van der Waals surface area contributed by atoms with E-state index in [0.717, 1.165) is 15.8 Å². The van der Waals surface area contributed by atoms with Crippen molar-refractivity contribution in [3.63, 3.8) is 0 Å². The standard InChI is InChI=1S/C21H15N7O3S/c1-12-14(9-23-28(12)16-7-8-17(29)25-24-16)19(30)26-27-11-22-20-18(21(27)31)15(10-32-20)13-5-3-2-4-6-13/h2-11H,1H3,(H,25,29)(H,26,30). The maximum Gasteiger partial charge on any atom is 0.281 e. The molecule has 0 aliphatic rings. The van der Waals surface area contributed by atoms with Gasteiger partial charge in [-0.2, -0.15) is 10.2 Å². The predicted molar refractivity (Wildman–Crippen MR) is 120 cm³/mol. The first-order valence-electron chi connectivity index (χ1n) is 9.49. The number of fused-ring (bicyclic) bond motifs is 1. The summed E-state index contributed by atoms with van der Waals surface area (Å²) in [5.74, 6) is -0.176. The Bertz CT molecular complexity index is 1560. The molecule has 5 aromatic rings. The van der Waals surface area contributed by atoms with Gasteiger partial charge in [0.15, 0.2) is 5.82 Å². The van der Waals surface area contributed by atoms with Crippen LogP contribution in [0.5, 0.6) is 0 Å². The van der Waals surface area contributed by atoms with Gasteiger partial charge in [0.25, 0.3) is 17.0 Å². The van der Waals surface area contributed by atoms with E-state index in [1.54, 1.807) is 6.92 Å². The highest BCUT2D eigenvalue weighted by Gasteiger charge is 2.18. The molecule has 0 atom stereocenters. The number of carbonyl (C=O) groups excluding carboxylic acids is 1. The van der Waals surface area contributed by atoms with Crippen LogP contribution in [0.15, 0.2) is 70.0 Å². The average Bonchev–Trinajstić information content (AvgIpc) is 3.41. The number of nitrogens with one attached hydrogen (secondary N) is 2. The van der Waals surface area contributed by atoms with Crippen molar-refractivity contribution >= 4 is 27.5 Å². The maximum atomic E-state index is 13.1. The molecule has 0 bridgehead atoms. The number of thiophene rings is 1. The van der Waals surface area contributed by atoms with E-state index in [0.29, 0.717) is 21.7 Å². The molecule has 1 aromatic carbocycles. The monoisotopic (exact) mass is 445 g/mol. The van der Waals surface area contributed by atoms with Crippen LogP contribution < -0.4 is 16.5 Å². The van der Waals surface area contributed by atoms with Crippen molar-refractivity contribution in [1.29, 1.82) is 0 Å². The summed E-state index contributed by atoms with van der Waals surface area (Å²) < 4.78 is 2.49. The molecule has 5 rings (SSSR count). The molecule has 0 saturated heterocycles. The Hall–Kier alpha value is -4.38. The number of rotatable bonds is 4. The smallest absolute Gasteiger partial charge is 0.268 e. The van der Waals surface area contributed by atoms with Crippen LogP contribution >= 0.6 is 11.3 Å². The highest BCUT2D eigenvalue weighted by Crippen LogP contribution is 2.30. The molecule has 2 N–H and O–H groups in total. The van der Waals surface area contributed by atoms with Gasteiger partial charge in [0.05, 0.1) is 22.8 Å². The first kappa shape index (κ1) is 19.6. The van der Waals surface area contributed by atoms with E-state index in [4.69, 9.17) is 0 Å². The fourth-order valence-electron chi connectivity index (χ4n) is 3.33. The minimum absolute atomic E-state index is 0.249. The number of carbonyl (C=O) groups is 1. The van der Waals surface area contributed by atoms with Crippen molar-refractivity contribution in [3.05, 3.63) is 92.3 Å². The van der Waals surface area contributed by atoms with Gasteiger partial charge in [-0.25, -0.2) is 19.4 Å². The van der Waals surface area contributed by atoms with Crippen LogP contribution in [-0.4, -0.2) is 35.5 Å². The SMILES string of the molecule is Cc1c(C(=O)Nn2cnc3scc(-c4ccccc4)c3c2=O)cnn1-c1ccc(=O)[nH]n1. The van der Waals surface area contributed by atoms with E-state index < -0.39 is 5.91 Å². The number of H-pyrrole nitrogens is 1. The third-order valence-corrected chi connectivity index (χ3v) is 5.82. The Kier molecular flexibility index (Phi) is 4.71. The fraction of sp³-hybridized carbons (Fsp3) is 0.0476. The summed E-state index contributed by atoms with van der Waals surface area (Å²) >= 11 is 1.37. The second-order valence-corrected chi connectivity index (χ2v) is 7.75. The molecule has 158 valence electrons. The molecule has 0 unspecified atom stereocenters. The number of amides is 1. The van der Waals surface area contributed by atoms with E-state index in [9.17, 15) is 14.4 Å². The highest BCUT2D eigenvalue weighted by atomic mass is 32.1. The molecule has 1 amide bonds. The Balaban J connectivity index is 1.50. The van der Waals surface area contributed by atoms with Crippen LogP contribution in [0.1, 0.15) is 16.1 Å². The lowest BCUT2D eigenvalue weighted by Gasteiger charge is -2.08. The highest BCUT2D eigenvalue weighted by molar-refractivity contribution is 7.17. The Labute approximate surface area is 183 Å². The zero-order chi connectivity index (χ0) is 22.2. The molecule has 11 heteroatoms. The molecule has 0 aliphatic heterocycles. The molecule has 0 fully saturated rings. The Morgan fingerprint density at radius 3 is 2.69 bits per heavy atom. The van der Waals surface area contributed by atoms with Crippen LogP contribution in [0.4, 0.5) is 0 Å². The predicted octanol–water partition coefficient (Wildman–Crippen LogP) is 2.09. The number of benzene rings is 1. The van der Waals surface area contributed by atoms with Crippen molar-refractivity contribution in [1.82, 2.24) is 29.6 Å². The molecule has 0 aliphatic carbocycles. The van der Waals surface area contributed by atoms with Crippen molar-refractivity contribution in [2.75, 3.05) is 5.43 Å². The first-order valence-corrected chi connectivity index (χ1v) is 10.4. The topological polar surface area (TPSA) is 128 Å². The van der Waals surface area contributed by atoms with Crippen molar-refractivity contribution in [2.45, 2.75) is 6.92 Å². The van der Waals surface area contributed by atoms with Gasteiger partial charge in [0, 0.05) is 17.0 Å². The van der Waals surface area contributed by atoms with E-state index in [1.165, 1.54) is 40.7 Å². The molecule has 0 radical (unpaired) electrons. The maximum absolute atomic E-state index is 13.1. The molecular formula is C21H15N7O3S. The lowest BCUT2D eigenvalue weighted by atomic mass is 10.1. The largest absolute Gasteiger partial charge is 0.281 e. The van der Waals surface area contributed by atoms with Crippen molar-refractivity contribution in [2.24, 2.45) is 0 Å². The van der Waals surface area contributed by atoms with Crippen molar-refractivity contribution in [3.8, 4) is 16.9 Å². The molecule has 0 saturated carbocycles. The van der Waals surface area contributed by atoms with Crippen molar-refractivity contribution < 1.29 is 4.79 Å². The summed E-state index contributed by atoms with van der Waals surface area (Å²) in [6.07, 6.45) is 2.66. The summed E-state index contributed by atoms with van der Waals surface area (Å²) in [5, 5.41) is 12.7. The lowest BCUT2D eigenvalue weighted by Crippen LogP contribution is -2.33. The minimum atomic E-state index is -0.530. The number of hydrogen-bond donors (Lipinski definition) is 2. The first-order chi connectivity index (χ1) is 15.5. The van der Waals surface area contributed by atoms with E-state index >= 15 is 0 Å². The summed E-state index contributed by atoms with van der Waals surface area (Å²) in [4.78, 5) is 42.2. The molecule has 4 aromatic heterocycles. The summed E-state index contributed by atoms with van der Waals surface area (Å²) in [6.45, 7) is 1.69. The fourth-order valence-corrected chi connectivity index (χ4v) is 4.24. The van der Waals surface area contributed by atoms with Crippen LogP contribution in [0, 0.1) is 6.92 Å². The summed E-state index contributed by atoms with van der Waals surface area (Å²) in [5.41, 5.74) is 4.25. The third kappa shape index (κ3) is 3.30. The van der Waals surface area contributed by atoms with Gasteiger partial charge in [-0.1, -0.05) is 30.3 Å². The van der Waals surface area contributed by atoms with Crippen LogP contribution in [0.25, 0.3) is 27.2 Å². The molecular weight excluding hydrogens is 430 g/mol. The summed E-state index contributed by atoms with van der Waals surface area (Å²) in [7, 11) is 0. The summed E-state index contributed by atoms with van der Waals surface area (Å²) in [6, 6.07) is 12.3. The average molecular weight is 445 g/mol. The lowest BCUT2D eigenvalue weighted by molar-refractivity contribution is 0.101. The molecule has 4 heterocycles. The van der Waals surface area contributed by atoms with Crippen LogP contribution in [0.2, 0.25) is 0 Å². The zero-order valence-corrected chi connectivity index (χ0v) is 17.5. The Morgan fingerprint density at radius 1 is 1.12 bits per heavy atom. The quantitative estimate of drug-likeness (QED) is 0.436. The molecule has 32 heavy (non-hydrogen) atoms. The van der Waals surface area contributed by atoms with Gasteiger partial charge < -0.3 is 0 Å². The molecule has 0 spiro atoms. The second-order valence-electron chi connectivity index (χ2n) is 6.89. The van der Waals surface area contributed by atoms with E-state index in [-0.39, 0.29) is 16.7 Å². The number of aromatic nitrogens is 6. The molecule has 10 nitrogen and oxygen atoms in total. The van der Waals surface area contributed by atoms with Gasteiger partial charge in [-0.3, -0.25) is 19.8 Å². The van der Waals surface area contributed by atoms with Gasteiger partial charge in [-0.15, -0.1) is 11.3 Å². The third-order valence-electron chi connectivity index (χ3n) is 4.94.